The van der Waals surface area contributed by atoms with E-state index in [2.05, 4.69) is 5.32 Å². The Balaban J connectivity index is 0.000000335. The Morgan fingerprint density at radius 2 is 1.91 bits per heavy atom. The molecule has 5 nitrogen and oxygen atoms in total. The van der Waals surface area contributed by atoms with Crippen molar-refractivity contribution in [3.8, 4) is 23.6 Å². The summed E-state index contributed by atoms with van der Waals surface area (Å²) in [4.78, 5) is 0. The molecule has 22 heavy (non-hydrogen) atoms. The maximum Gasteiger partial charge on any atom is 0.171 e. The van der Waals surface area contributed by atoms with Crippen LogP contribution in [0.25, 0.3) is 6.08 Å². The second-order valence-electron chi connectivity index (χ2n) is 4.65. The lowest BCUT2D eigenvalue weighted by atomic mass is 10.1. The standard InChI is InChI=1S/C11H7IN2O2.C5H11N/c1-16-10-4-7(2-8(5-13)6-14)3-9(12)11(10)15;1-2-4-6-5-3-1/h2-4,15H,1H3;6H,1-5H2. The highest BCUT2D eigenvalue weighted by atomic mass is 127. The Kier molecular flexibility index (Phi) is 8.34. The molecular weight excluding hydrogens is 393 g/mol. The number of aromatic hydroxyl groups is 1. The Labute approximate surface area is 144 Å². The number of rotatable bonds is 2. The molecule has 6 heteroatoms. The Bertz CT molecular complexity index is 584. The first kappa shape index (κ1) is 18.3. The van der Waals surface area contributed by atoms with E-state index in [1.54, 1.807) is 24.3 Å². The van der Waals surface area contributed by atoms with Crippen LogP contribution in [-0.2, 0) is 0 Å². The molecule has 0 amide bonds. The molecule has 0 radical (unpaired) electrons. The van der Waals surface area contributed by atoms with Gasteiger partial charge in [-0.3, -0.25) is 0 Å². The van der Waals surface area contributed by atoms with Crippen molar-refractivity contribution in [3.05, 3.63) is 26.8 Å². The summed E-state index contributed by atoms with van der Waals surface area (Å²) in [5.41, 5.74) is 0.640. The average molecular weight is 411 g/mol. The van der Waals surface area contributed by atoms with E-state index in [0.29, 0.717) is 14.9 Å². The molecule has 2 N–H and O–H groups in total. The Morgan fingerprint density at radius 3 is 2.32 bits per heavy atom. The molecule has 0 bridgehead atoms. The van der Waals surface area contributed by atoms with Gasteiger partial charge in [0.15, 0.2) is 11.5 Å². The van der Waals surface area contributed by atoms with E-state index in [1.165, 1.54) is 45.5 Å². The normalized spacial score (nSPS) is 12.9. The van der Waals surface area contributed by atoms with Crippen LogP contribution in [0.5, 0.6) is 11.5 Å². The summed E-state index contributed by atoms with van der Waals surface area (Å²) in [6, 6.07) is 6.75. The van der Waals surface area contributed by atoms with Crippen LogP contribution in [0.1, 0.15) is 24.8 Å². The molecule has 1 aromatic carbocycles. The topological polar surface area (TPSA) is 89.1 Å². The average Bonchev–Trinajstić information content (AvgIpc) is 2.57. The molecule has 116 valence electrons. The van der Waals surface area contributed by atoms with Gasteiger partial charge >= 0.3 is 0 Å². The van der Waals surface area contributed by atoms with Crippen molar-refractivity contribution < 1.29 is 9.84 Å². The van der Waals surface area contributed by atoms with Crippen LogP contribution in [0, 0.1) is 26.2 Å². The number of ether oxygens (including phenoxy) is 1. The van der Waals surface area contributed by atoms with E-state index < -0.39 is 0 Å². The molecule has 1 saturated heterocycles. The van der Waals surface area contributed by atoms with E-state index in [9.17, 15) is 5.11 Å². The number of nitrogens with one attached hydrogen (secondary N) is 1. The van der Waals surface area contributed by atoms with Gasteiger partial charge in [0, 0.05) is 0 Å². The zero-order valence-electron chi connectivity index (χ0n) is 12.4. The molecule has 0 atom stereocenters. The summed E-state index contributed by atoms with van der Waals surface area (Å²) in [7, 11) is 1.44. The first-order chi connectivity index (χ1) is 10.6. The van der Waals surface area contributed by atoms with E-state index in [1.807, 2.05) is 22.6 Å². The van der Waals surface area contributed by atoms with Crippen LogP contribution in [0.4, 0.5) is 0 Å². The lowest BCUT2D eigenvalue weighted by molar-refractivity contribution is 0.371. The van der Waals surface area contributed by atoms with Crippen molar-refractivity contribution >= 4 is 28.7 Å². The largest absolute Gasteiger partial charge is 0.504 e. The van der Waals surface area contributed by atoms with Gasteiger partial charge in [-0.15, -0.1) is 0 Å². The van der Waals surface area contributed by atoms with Crippen LogP contribution in [0.2, 0.25) is 0 Å². The number of phenols is 1. The van der Waals surface area contributed by atoms with Crippen molar-refractivity contribution in [2.75, 3.05) is 20.2 Å². The molecule has 1 aliphatic heterocycles. The molecule has 0 aliphatic carbocycles. The second-order valence-corrected chi connectivity index (χ2v) is 5.81. The molecule has 0 aromatic heterocycles. The molecule has 0 unspecified atom stereocenters. The van der Waals surface area contributed by atoms with Crippen molar-refractivity contribution in [1.29, 1.82) is 10.5 Å². The zero-order chi connectivity index (χ0) is 16.4. The Morgan fingerprint density at radius 1 is 1.27 bits per heavy atom. The van der Waals surface area contributed by atoms with Gasteiger partial charge in [-0.25, -0.2) is 0 Å². The van der Waals surface area contributed by atoms with Crippen LogP contribution in [0.15, 0.2) is 17.7 Å². The predicted octanol–water partition coefficient (Wildman–Crippen LogP) is 3.20. The van der Waals surface area contributed by atoms with Gasteiger partial charge in [0.05, 0.1) is 10.7 Å². The van der Waals surface area contributed by atoms with Gasteiger partial charge in [-0.2, -0.15) is 10.5 Å². The minimum Gasteiger partial charge on any atom is -0.504 e. The second kappa shape index (κ2) is 10.0. The zero-order valence-corrected chi connectivity index (χ0v) is 14.6. The van der Waals surface area contributed by atoms with E-state index >= 15 is 0 Å². The summed E-state index contributed by atoms with van der Waals surface area (Å²) in [6.45, 7) is 2.50. The summed E-state index contributed by atoms with van der Waals surface area (Å²) < 4.78 is 5.56. The summed E-state index contributed by atoms with van der Waals surface area (Å²) in [5.74, 6) is 0.365. The number of allylic oxidation sites excluding steroid dienone is 1. The smallest absolute Gasteiger partial charge is 0.171 e. The number of methoxy groups -OCH3 is 1. The van der Waals surface area contributed by atoms with Crippen LogP contribution >= 0.6 is 22.6 Å². The predicted molar refractivity (Wildman–Crippen MR) is 93.3 cm³/mol. The van der Waals surface area contributed by atoms with Gasteiger partial charge in [0.25, 0.3) is 0 Å². The van der Waals surface area contributed by atoms with Crippen molar-refractivity contribution in [2.45, 2.75) is 19.3 Å². The molecule has 1 heterocycles. The minimum atomic E-state index is 0.00328. The lowest BCUT2D eigenvalue weighted by Crippen LogP contribution is -2.21. The molecule has 1 aromatic rings. The van der Waals surface area contributed by atoms with Crippen molar-refractivity contribution in [2.24, 2.45) is 0 Å². The van der Waals surface area contributed by atoms with Gasteiger partial charge < -0.3 is 15.2 Å². The third-order valence-corrected chi connectivity index (χ3v) is 3.85. The number of phenolic OH excluding ortho intramolecular Hbond substituents is 1. The molecule has 1 aliphatic rings. The Hall–Kier alpha value is -1.77. The van der Waals surface area contributed by atoms with Crippen molar-refractivity contribution in [3.63, 3.8) is 0 Å². The summed E-state index contributed by atoms with van der Waals surface area (Å²) >= 11 is 1.94. The van der Waals surface area contributed by atoms with Gasteiger partial charge in [-0.1, -0.05) is 6.42 Å². The lowest BCUT2D eigenvalue weighted by Gasteiger charge is -2.08. The van der Waals surface area contributed by atoms with Crippen LogP contribution < -0.4 is 10.1 Å². The third-order valence-electron chi connectivity index (χ3n) is 3.03. The number of nitrogens with zero attached hydrogens (tertiary/aromatic N) is 2. The number of benzene rings is 1. The quantitative estimate of drug-likeness (QED) is 0.577. The van der Waals surface area contributed by atoms with Crippen LogP contribution in [-0.4, -0.2) is 25.3 Å². The fourth-order valence-corrected chi connectivity index (χ4v) is 2.52. The number of piperidine rings is 1. The molecular formula is C16H18IN3O2. The van der Waals surface area contributed by atoms with Crippen LogP contribution in [0.3, 0.4) is 0 Å². The molecule has 0 spiro atoms. The van der Waals surface area contributed by atoms with E-state index in [0.717, 1.165) is 0 Å². The number of hydrogen-bond donors (Lipinski definition) is 2. The van der Waals surface area contributed by atoms with Gasteiger partial charge in [-0.05, 0) is 72.3 Å². The number of nitriles is 2. The SMILES string of the molecule is C1CCNCC1.COc1cc(C=C(C#N)C#N)cc(I)c1O. The van der Waals surface area contributed by atoms with Gasteiger partial charge in [0.1, 0.15) is 17.7 Å². The summed E-state index contributed by atoms with van der Waals surface area (Å²) in [5, 5.41) is 30.1. The molecule has 0 saturated carbocycles. The fraction of sp³-hybridized carbons (Fsp3) is 0.375. The van der Waals surface area contributed by atoms with Gasteiger partial charge in [0.2, 0.25) is 0 Å². The van der Waals surface area contributed by atoms with Crippen molar-refractivity contribution in [1.82, 2.24) is 5.32 Å². The molecule has 1 fully saturated rings. The first-order valence-electron chi connectivity index (χ1n) is 6.91. The highest BCUT2D eigenvalue weighted by Gasteiger charge is 2.07. The highest BCUT2D eigenvalue weighted by Crippen LogP contribution is 2.32. The number of hydrogen-bond acceptors (Lipinski definition) is 5. The molecule has 2 rings (SSSR count). The highest BCUT2D eigenvalue weighted by molar-refractivity contribution is 14.1. The fourth-order valence-electron chi connectivity index (χ4n) is 1.89. The van der Waals surface area contributed by atoms with E-state index in [-0.39, 0.29) is 11.3 Å². The first-order valence-corrected chi connectivity index (χ1v) is 7.99. The van der Waals surface area contributed by atoms with E-state index in [4.69, 9.17) is 15.3 Å². The third kappa shape index (κ3) is 5.92. The summed E-state index contributed by atoms with van der Waals surface area (Å²) in [6.07, 6.45) is 5.65. The monoisotopic (exact) mass is 411 g/mol. The number of halogens is 1. The maximum absolute atomic E-state index is 9.59. The maximum atomic E-state index is 9.59. The minimum absolute atomic E-state index is 0.00328.